The van der Waals surface area contributed by atoms with Crippen molar-refractivity contribution in [2.24, 2.45) is 0 Å². The van der Waals surface area contributed by atoms with Gasteiger partial charge in [-0.15, -0.1) is 0 Å². The molecule has 1 nitrogen and oxygen atoms in total. The molecule has 0 aliphatic carbocycles. The lowest BCUT2D eigenvalue weighted by Gasteiger charge is -2.03. The lowest BCUT2D eigenvalue weighted by molar-refractivity contribution is 0.127. The van der Waals surface area contributed by atoms with Crippen LogP contribution in [0.1, 0.15) is 13.3 Å². The summed E-state index contributed by atoms with van der Waals surface area (Å²) >= 11 is 4.26. The average molecular weight is 118 g/mol. The third-order valence-electron chi connectivity index (χ3n) is 1.34. The molecule has 0 aromatic carbocycles. The predicted octanol–water partition coefficient (Wildman–Crippen LogP) is 1.09. The van der Waals surface area contributed by atoms with Crippen LogP contribution in [0.3, 0.4) is 0 Å². The average Bonchev–Trinajstić information content (AvgIpc) is 1.91. The molecule has 0 spiro atoms. The fourth-order valence-corrected chi connectivity index (χ4v) is 0.912. The highest BCUT2D eigenvalue weighted by atomic mass is 32.1. The Hall–Kier alpha value is 0.310. The summed E-state index contributed by atoms with van der Waals surface area (Å²) in [4.78, 5) is 0. The highest BCUT2D eigenvalue weighted by Gasteiger charge is 2.19. The predicted molar refractivity (Wildman–Crippen MR) is 32.8 cm³/mol. The Morgan fingerprint density at radius 2 is 2.43 bits per heavy atom. The van der Waals surface area contributed by atoms with Crippen molar-refractivity contribution in [1.82, 2.24) is 0 Å². The maximum atomic E-state index is 5.19. The molecular formula is C5H10OS. The molecule has 2 heteroatoms. The van der Waals surface area contributed by atoms with Crippen LogP contribution in [0.5, 0.6) is 0 Å². The van der Waals surface area contributed by atoms with Gasteiger partial charge in [-0.3, -0.25) is 0 Å². The first-order valence-corrected chi connectivity index (χ1v) is 3.12. The summed E-state index contributed by atoms with van der Waals surface area (Å²) in [6.07, 6.45) is 1.49. The van der Waals surface area contributed by atoms with Crippen LogP contribution in [0.15, 0.2) is 0 Å². The Morgan fingerprint density at radius 3 is 2.57 bits per heavy atom. The van der Waals surface area contributed by atoms with Gasteiger partial charge in [0.2, 0.25) is 0 Å². The standard InChI is InChI=1S/C5H10OS/c1-4-5(7)2-3-6-4/h4-5,7H,2-3H2,1H3/t4-,5-/m0/s1. The molecule has 1 aliphatic rings. The minimum Gasteiger partial charge on any atom is -0.377 e. The van der Waals surface area contributed by atoms with Crippen LogP contribution in [0.4, 0.5) is 0 Å². The monoisotopic (exact) mass is 118 g/mol. The maximum Gasteiger partial charge on any atom is 0.0663 e. The van der Waals surface area contributed by atoms with E-state index in [2.05, 4.69) is 19.6 Å². The maximum absolute atomic E-state index is 5.19. The summed E-state index contributed by atoms with van der Waals surface area (Å²) in [6.45, 7) is 2.96. The highest BCUT2D eigenvalue weighted by Crippen LogP contribution is 2.17. The Bertz CT molecular complexity index is 57.1. The molecule has 0 unspecified atom stereocenters. The van der Waals surface area contributed by atoms with E-state index in [-0.39, 0.29) is 0 Å². The third kappa shape index (κ3) is 1.10. The van der Waals surface area contributed by atoms with E-state index in [4.69, 9.17) is 4.74 Å². The second-order valence-electron chi connectivity index (χ2n) is 1.93. The van der Waals surface area contributed by atoms with E-state index >= 15 is 0 Å². The van der Waals surface area contributed by atoms with Gasteiger partial charge < -0.3 is 4.74 Å². The van der Waals surface area contributed by atoms with Crippen molar-refractivity contribution < 1.29 is 4.74 Å². The second-order valence-corrected chi connectivity index (χ2v) is 2.60. The Balaban J connectivity index is 2.33. The first kappa shape index (κ1) is 5.45. The Labute approximate surface area is 49.5 Å². The fourth-order valence-electron chi connectivity index (χ4n) is 0.720. The van der Waals surface area contributed by atoms with E-state index in [0.717, 1.165) is 13.0 Å². The van der Waals surface area contributed by atoms with Gasteiger partial charge in [-0.1, -0.05) is 0 Å². The molecule has 0 aromatic heterocycles. The van der Waals surface area contributed by atoms with Gasteiger partial charge in [-0.25, -0.2) is 0 Å². The van der Waals surface area contributed by atoms with E-state index in [9.17, 15) is 0 Å². The summed E-state index contributed by atoms with van der Waals surface area (Å²) in [5.41, 5.74) is 0. The van der Waals surface area contributed by atoms with Gasteiger partial charge in [-0.2, -0.15) is 12.6 Å². The molecule has 42 valence electrons. The molecule has 2 atom stereocenters. The summed E-state index contributed by atoms with van der Waals surface area (Å²) in [6, 6.07) is 0. The largest absolute Gasteiger partial charge is 0.377 e. The van der Waals surface area contributed by atoms with Crippen LogP contribution in [0.25, 0.3) is 0 Å². The normalized spacial score (nSPS) is 42.0. The van der Waals surface area contributed by atoms with Crippen molar-refractivity contribution in [3.05, 3.63) is 0 Å². The van der Waals surface area contributed by atoms with E-state index in [1.807, 2.05) is 0 Å². The topological polar surface area (TPSA) is 9.23 Å². The highest BCUT2D eigenvalue weighted by molar-refractivity contribution is 7.81. The number of hydrogen-bond donors (Lipinski definition) is 1. The number of hydrogen-bond acceptors (Lipinski definition) is 2. The molecule has 1 fully saturated rings. The molecule has 1 saturated heterocycles. The minimum atomic E-state index is 0.378. The molecule has 0 amide bonds. The summed E-state index contributed by atoms with van der Waals surface area (Å²) in [5.74, 6) is 0. The first-order valence-electron chi connectivity index (χ1n) is 2.60. The first-order chi connectivity index (χ1) is 3.30. The molecule has 0 radical (unpaired) electrons. The van der Waals surface area contributed by atoms with Gasteiger partial charge in [0.15, 0.2) is 0 Å². The van der Waals surface area contributed by atoms with Gasteiger partial charge in [0.05, 0.1) is 6.10 Å². The van der Waals surface area contributed by atoms with Gasteiger partial charge in [-0.05, 0) is 13.3 Å². The number of ether oxygens (including phenoxy) is 1. The van der Waals surface area contributed by atoms with Crippen molar-refractivity contribution in [3.8, 4) is 0 Å². The molecule has 0 bridgehead atoms. The van der Waals surface area contributed by atoms with E-state index in [1.54, 1.807) is 0 Å². The van der Waals surface area contributed by atoms with Crippen molar-refractivity contribution in [1.29, 1.82) is 0 Å². The summed E-state index contributed by atoms with van der Waals surface area (Å²) < 4.78 is 5.19. The van der Waals surface area contributed by atoms with Gasteiger partial charge in [0, 0.05) is 11.9 Å². The summed E-state index contributed by atoms with van der Waals surface area (Å²) in [7, 11) is 0. The van der Waals surface area contributed by atoms with E-state index in [0.29, 0.717) is 11.4 Å². The zero-order valence-electron chi connectivity index (χ0n) is 4.42. The fraction of sp³-hybridized carbons (Fsp3) is 1.00. The van der Waals surface area contributed by atoms with Crippen LogP contribution in [-0.2, 0) is 4.74 Å². The Kier molecular flexibility index (Phi) is 1.60. The lowest BCUT2D eigenvalue weighted by Crippen LogP contribution is -2.09. The molecule has 1 rings (SSSR count). The molecule has 0 N–H and O–H groups in total. The lowest BCUT2D eigenvalue weighted by atomic mass is 10.3. The smallest absolute Gasteiger partial charge is 0.0663 e. The van der Waals surface area contributed by atoms with E-state index in [1.165, 1.54) is 0 Å². The molecule has 0 saturated carbocycles. The quantitative estimate of drug-likeness (QED) is 0.468. The molecular weight excluding hydrogens is 108 g/mol. The zero-order chi connectivity index (χ0) is 5.28. The SMILES string of the molecule is C[C@@H]1OCC[C@@H]1S. The molecule has 7 heavy (non-hydrogen) atoms. The van der Waals surface area contributed by atoms with Crippen LogP contribution >= 0.6 is 12.6 Å². The van der Waals surface area contributed by atoms with Crippen molar-refractivity contribution >= 4 is 12.6 Å². The number of rotatable bonds is 0. The van der Waals surface area contributed by atoms with Crippen molar-refractivity contribution in [2.75, 3.05) is 6.61 Å². The van der Waals surface area contributed by atoms with Gasteiger partial charge in [0.25, 0.3) is 0 Å². The van der Waals surface area contributed by atoms with Gasteiger partial charge in [0.1, 0.15) is 0 Å². The van der Waals surface area contributed by atoms with Crippen LogP contribution < -0.4 is 0 Å². The molecule has 0 aromatic rings. The van der Waals surface area contributed by atoms with Crippen molar-refractivity contribution in [3.63, 3.8) is 0 Å². The minimum absolute atomic E-state index is 0.378. The molecule has 1 aliphatic heterocycles. The number of thiol groups is 1. The van der Waals surface area contributed by atoms with Crippen LogP contribution in [0, 0.1) is 0 Å². The Morgan fingerprint density at radius 1 is 1.71 bits per heavy atom. The molecule has 1 heterocycles. The van der Waals surface area contributed by atoms with E-state index < -0.39 is 0 Å². The van der Waals surface area contributed by atoms with Gasteiger partial charge >= 0.3 is 0 Å². The van der Waals surface area contributed by atoms with Crippen molar-refractivity contribution in [2.45, 2.75) is 24.7 Å². The van der Waals surface area contributed by atoms with Crippen LogP contribution in [-0.4, -0.2) is 18.0 Å². The van der Waals surface area contributed by atoms with Crippen LogP contribution in [0.2, 0.25) is 0 Å². The third-order valence-corrected chi connectivity index (χ3v) is 2.01. The zero-order valence-corrected chi connectivity index (χ0v) is 5.32. The second kappa shape index (κ2) is 2.05. The summed E-state index contributed by atoms with van der Waals surface area (Å²) in [5, 5.41) is 0.486.